The molecule has 0 heterocycles. The lowest BCUT2D eigenvalue weighted by atomic mass is 10.0. The van der Waals surface area contributed by atoms with E-state index in [1.165, 1.54) is 17.4 Å². The van der Waals surface area contributed by atoms with E-state index in [2.05, 4.69) is 50.0 Å². The summed E-state index contributed by atoms with van der Waals surface area (Å²) in [6, 6.07) is 8.89. The Hall–Kier alpha value is -1.28. The minimum Gasteiger partial charge on any atom is -0.502 e. The standard InChI is InChI=1S/C16H25NO/c1-4-18-11-5-10-17-13-16-8-6-15(7-9-16)12-14(2)3/h4,6-9,14,17H,1,5,10-13H2,2-3H3. The van der Waals surface area contributed by atoms with Crippen LogP contribution >= 0.6 is 0 Å². The number of rotatable bonds is 9. The van der Waals surface area contributed by atoms with E-state index in [1.807, 2.05) is 0 Å². The summed E-state index contributed by atoms with van der Waals surface area (Å²) >= 11 is 0. The molecule has 0 saturated carbocycles. The van der Waals surface area contributed by atoms with Gasteiger partial charge >= 0.3 is 0 Å². The molecule has 1 rings (SSSR count). The smallest absolute Gasteiger partial charge is 0.0885 e. The summed E-state index contributed by atoms with van der Waals surface area (Å²) in [4.78, 5) is 0. The van der Waals surface area contributed by atoms with Gasteiger partial charge in [0.25, 0.3) is 0 Å². The third-order valence-corrected chi connectivity index (χ3v) is 2.73. The Bertz CT molecular complexity index is 329. The fraction of sp³-hybridized carbons (Fsp3) is 0.500. The second-order valence-corrected chi connectivity index (χ2v) is 4.98. The molecule has 0 aliphatic rings. The van der Waals surface area contributed by atoms with E-state index in [9.17, 15) is 0 Å². The van der Waals surface area contributed by atoms with E-state index in [0.29, 0.717) is 0 Å². The summed E-state index contributed by atoms with van der Waals surface area (Å²) in [5.74, 6) is 0.721. The molecule has 2 heteroatoms. The lowest BCUT2D eigenvalue weighted by Gasteiger charge is -2.07. The van der Waals surface area contributed by atoms with Crippen LogP contribution in [0.25, 0.3) is 0 Å². The Morgan fingerprint density at radius 1 is 1.22 bits per heavy atom. The summed E-state index contributed by atoms with van der Waals surface area (Å²) in [5, 5.41) is 3.41. The summed E-state index contributed by atoms with van der Waals surface area (Å²) in [6.45, 7) is 10.7. The zero-order chi connectivity index (χ0) is 13.2. The largest absolute Gasteiger partial charge is 0.502 e. The van der Waals surface area contributed by atoms with Crippen molar-refractivity contribution in [3.8, 4) is 0 Å². The van der Waals surface area contributed by atoms with Gasteiger partial charge in [-0.25, -0.2) is 0 Å². The molecule has 2 nitrogen and oxygen atoms in total. The van der Waals surface area contributed by atoms with Crippen molar-refractivity contribution in [3.63, 3.8) is 0 Å². The van der Waals surface area contributed by atoms with E-state index in [-0.39, 0.29) is 0 Å². The molecule has 0 atom stereocenters. The summed E-state index contributed by atoms with van der Waals surface area (Å²) in [6.07, 6.45) is 3.66. The minimum atomic E-state index is 0.721. The monoisotopic (exact) mass is 247 g/mol. The van der Waals surface area contributed by atoms with Crippen molar-refractivity contribution in [3.05, 3.63) is 48.2 Å². The first-order valence-electron chi connectivity index (χ1n) is 6.73. The molecule has 0 amide bonds. The van der Waals surface area contributed by atoms with Gasteiger partial charge in [0.2, 0.25) is 0 Å². The predicted octanol–water partition coefficient (Wildman–Crippen LogP) is 3.52. The Labute approximate surface area is 111 Å². The molecule has 1 N–H and O–H groups in total. The molecule has 0 unspecified atom stereocenters. The zero-order valence-electron chi connectivity index (χ0n) is 11.6. The lowest BCUT2D eigenvalue weighted by molar-refractivity contribution is 0.244. The van der Waals surface area contributed by atoms with E-state index in [0.717, 1.165) is 38.5 Å². The molecule has 0 spiro atoms. The molecule has 1 aromatic carbocycles. The van der Waals surface area contributed by atoms with E-state index < -0.39 is 0 Å². The Morgan fingerprint density at radius 2 is 1.89 bits per heavy atom. The highest BCUT2D eigenvalue weighted by molar-refractivity contribution is 5.22. The number of hydrogen-bond donors (Lipinski definition) is 1. The summed E-state index contributed by atoms with van der Waals surface area (Å²) < 4.78 is 5.06. The molecule has 100 valence electrons. The van der Waals surface area contributed by atoms with Gasteiger partial charge in [-0.2, -0.15) is 0 Å². The minimum absolute atomic E-state index is 0.721. The molecular weight excluding hydrogens is 222 g/mol. The van der Waals surface area contributed by atoms with Gasteiger partial charge in [0.15, 0.2) is 0 Å². The van der Waals surface area contributed by atoms with Crippen LogP contribution < -0.4 is 5.32 Å². The quantitative estimate of drug-likeness (QED) is 0.532. The lowest BCUT2D eigenvalue weighted by Crippen LogP contribution is -2.15. The molecule has 0 aromatic heterocycles. The first-order chi connectivity index (χ1) is 8.72. The van der Waals surface area contributed by atoms with Gasteiger partial charge < -0.3 is 10.1 Å². The van der Waals surface area contributed by atoms with Crippen molar-refractivity contribution >= 4 is 0 Å². The number of benzene rings is 1. The van der Waals surface area contributed by atoms with Gasteiger partial charge in [-0.1, -0.05) is 44.7 Å². The third-order valence-electron chi connectivity index (χ3n) is 2.73. The van der Waals surface area contributed by atoms with Crippen LogP contribution in [0.5, 0.6) is 0 Å². The van der Waals surface area contributed by atoms with Crippen LogP contribution in [0.2, 0.25) is 0 Å². The molecule has 18 heavy (non-hydrogen) atoms. The first kappa shape index (κ1) is 14.8. The first-order valence-corrected chi connectivity index (χ1v) is 6.73. The van der Waals surface area contributed by atoms with Crippen LogP contribution in [0.15, 0.2) is 37.1 Å². The van der Waals surface area contributed by atoms with Crippen molar-refractivity contribution in [2.75, 3.05) is 13.2 Å². The van der Waals surface area contributed by atoms with Gasteiger partial charge in [0.1, 0.15) is 0 Å². The molecule has 0 saturated heterocycles. The van der Waals surface area contributed by atoms with Crippen LogP contribution in [0.3, 0.4) is 0 Å². The average molecular weight is 247 g/mol. The van der Waals surface area contributed by atoms with Crippen LogP contribution in [-0.2, 0) is 17.7 Å². The maximum absolute atomic E-state index is 5.06. The van der Waals surface area contributed by atoms with Gasteiger partial charge in [-0.3, -0.25) is 0 Å². The molecule has 0 bridgehead atoms. The van der Waals surface area contributed by atoms with Crippen LogP contribution in [0, 0.1) is 5.92 Å². The summed E-state index contributed by atoms with van der Waals surface area (Å²) in [7, 11) is 0. The van der Waals surface area contributed by atoms with Gasteiger partial charge in [-0.05, 0) is 36.4 Å². The normalized spacial score (nSPS) is 10.6. The topological polar surface area (TPSA) is 21.3 Å². The van der Waals surface area contributed by atoms with Crippen molar-refractivity contribution in [1.29, 1.82) is 0 Å². The van der Waals surface area contributed by atoms with Crippen LogP contribution in [0.1, 0.15) is 31.4 Å². The second-order valence-electron chi connectivity index (χ2n) is 4.98. The number of nitrogens with one attached hydrogen (secondary N) is 1. The van der Waals surface area contributed by atoms with Gasteiger partial charge in [0, 0.05) is 6.54 Å². The molecular formula is C16H25NO. The highest BCUT2D eigenvalue weighted by Crippen LogP contribution is 2.09. The molecule has 0 aliphatic carbocycles. The predicted molar refractivity (Wildman–Crippen MR) is 77.5 cm³/mol. The van der Waals surface area contributed by atoms with E-state index in [4.69, 9.17) is 4.74 Å². The maximum Gasteiger partial charge on any atom is 0.0885 e. The molecule has 0 aliphatic heterocycles. The van der Waals surface area contributed by atoms with Gasteiger partial charge in [0.05, 0.1) is 12.9 Å². The van der Waals surface area contributed by atoms with Crippen LogP contribution in [-0.4, -0.2) is 13.2 Å². The van der Waals surface area contributed by atoms with E-state index >= 15 is 0 Å². The zero-order valence-corrected chi connectivity index (χ0v) is 11.6. The molecule has 0 radical (unpaired) electrons. The van der Waals surface area contributed by atoms with Crippen molar-refractivity contribution in [1.82, 2.24) is 5.32 Å². The fourth-order valence-electron chi connectivity index (χ4n) is 1.86. The van der Waals surface area contributed by atoms with Crippen LogP contribution in [0.4, 0.5) is 0 Å². The van der Waals surface area contributed by atoms with Crippen molar-refractivity contribution in [2.24, 2.45) is 5.92 Å². The second kappa shape index (κ2) is 8.76. The molecule has 0 fully saturated rings. The number of ether oxygens (including phenoxy) is 1. The Morgan fingerprint density at radius 3 is 2.50 bits per heavy atom. The molecule has 1 aromatic rings. The summed E-state index contributed by atoms with van der Waals surface area (Å²) in [5.41, 5.74) is 2.76. The number of hydrogen-bond acceptors (Lipinski definition) is 2. The highest BCUT2D eigenvalue weighted by atomic mass is 16.5. The van der Waals surface area contributed by atoms with E-state index in [1.54, 1.807) is 0 Å². The van der Waals surface area contributed by atoms with Crippen molar-refractivity contribution < 1.29 is 4.74 Å². The maximum atomic E-state index is 5.06. The highest BCUT2D eigenvalue weighted by Gasteiger charge is 1.98. The third kappa shape index (κ3) is 6.45. The Kier molecular flexibility index (Phi) is 7.19. The SMILES string of the molecule is C=COCCCNCc1ccc(CC(C)C)cc1. The average Bonchev–Trinajstić information content (AvgIpc) is 2.35. The van der Waals surface area contributed by atoms with Gasteiger partial charge in [-0.15, -0.1) is 0 Å². The van der Waals surface area contributed by atoms with Crippen molar-refractivity contribution in [2.45, 2.75) is 33.2 Å². The Balaban J connectivity index is 2.20. The fourth-order valence-corrected chi connectivity index (χ4v) is 1.86.